The lowest BCUT2D eigenvalue weighted by Crippen LogP contribution is -2.49. The van der Waals surface area contributed by atoms with Crippen LogP contribution < -0.4 is 25.0 Å². The maximum Gasteiger partial charge on any atom is 0.495 e. The van der Waals surface area contributed by atoms with Crippen LogP contribution in [0.15, 0.2) is 36.4 Å². The summed E-state index contributed by atoms with van der Waals surface area (Å²) in [5.74, 6) is 0.465. The van der Waals surface area contributed by atoms with Crippen LogP contribution in [0.5, 0.6) is 17.2 Å². The number of fused-ring (bicyclic) bond motifs is 1. The minimum Gasteiger partial charge on any atom is -0.490 e. The van der Waals surface area contributed by atoms with Crippen molar-refractivity contribution < 1.29 is 33.1 Å². The summed E-state index contributed by atoms with van der Waals surface area (Å²) in [6, 6.07) is 11.3. The molecule has 1 aliphatic rings. The lowest BCUT2D eigenvalue weighted by Gasteiger charge is -2.24. The molecule has 31 heavy (non-hydrogen) atoms. The molecule has 10 heteroatoms. The van der Waals surface area contributed by atoms with Crippen LogP contribution in [0.4, 0.5) is 4.39 Å². The quantitative estimate of drug-likeness (QED) is 0.585. The molecule has 1 aliphatic heterocycles. The molecular weight excluding hydrogens is 406 g/mol. The molecule has 0 bridgehead atoms. The fourth-order valence-corrected chi connectivity index (χ4v) is 3.08. The van der Waals surface area contributed by atoms with E-state index in [0.29, 0.717) is 23.6 Å². The standard InChI is InChI=1S/C21H22BFN2O6/c1-3-28-19-17(9-6-15-10-31-22(27)18(15)19)29-12-21(2,11-24)25-20(26)14-4-7-16(8-5-14)30-13-23/h4-9,27H,3,10,12-13H2,1-2H3,(H,25,26). The van der Waals surface area contributed by atoms with Crippen LogP contribution in [0.1, 0.15) is 29.8 Å². The Kier molecular flexibility index (Phi) is 7.00. The SMILES string of the molecule is CCOc1c(OCC(C)(C#N)NC(=O)c2ccc(OCF)cc2)ccc2c1B(O)OC2. The van der Waals surface area contributed by atoms with Crippen LogP contribution in [0.25, 0.3) is 0 Å². The van der Waals surface area contributed by atoms with Gasteiger partial charge in [0.2, 0.25) is 6.86 Å². The Morgan fingerprint density at radius 1 is 1.29 bits per heavy atom. The summed E-state index contributed by atoms with van der Waals surface area (Å²) in [6.45, 7) is 2.79. The first kappa shape index (κ1) is 22.4. The second-order valence-corrected chi connectivity index (χ2v) is 7.03. The molecule has 1 heterocycles. The number of nitriles is 1. The number of amides is 1. The van der Waals surface area contributed by atoms with Crippen molar-refractivity contribution in [3.63, 3.8) is 0 Å². The molecule has 0 radical (unpaired) electrons. The van der Waals surface area contributed by atoms with E-state index in [0.717, 1.165) is 5.56 Å². The van der Waals surface area contributed by atoms with Gasteiger partial charge < -0.3 is 29.2 Å². The van der Waals surface area contributed by atoms with Gasteiger partial charge in [0.05, 0.1) is 19.3 Å². The summed E-state index contributed by atoms with van der Waals surface area (Å²) in [4.78, 5) is 12.6. The summed E-state index contributed by atoms with van der Waals surface area (Å²) in [7, 11) is -1.12. The topological polar surface area (TPSA) is 110 Å². The zero-order chi connectivity index (χ0) is 22.4. The number of carbonyl (C=O) groups is 1. The smallest absolute Gasteiger partial charge is 0.490 e. The van der Waals surface area contributed by atoms with Crippen LogP contribution in [0.2, 0.25) is 0 Å². The number of carbonyl (C=O) groups excluding carboxylic acids is 1. The van der Waals surface area contributed by atoms with Crippen LogP contribution in [0, 0.1) is 11.3 Å². The van der Waals surface area contributed by atoms with Crippen molar-refractivity contribution in [2.24, 2.45) is 0 Å². The van der Waals surface area contributed by atoms with E-state index in [1.165, 1.54) is 31.2 Å². The van der Waals surface area contributed by atoms with Crippen LogP contribution in [-0.2, 0) is 11.3 Å². The van der Waals surface area contributed by atoms with E-state index in [4.69, 9.17) is 18.9 Å². The number of hydrogen-bond donors (Lipinski definition) is 2. The van der Waals surface area contributed by atoms with E-state index in [1.807, 2.05) is 6.07 Å². The first-order valence-electron chi connectivity index (χ1n) is 9.64. The number of alkyl halides is 1. The Balaban J connectivity index is 1.73. The largest absolute Gasteiger partial charge is 0.495 e. The fraction of sp³-hybridized carbons (Fsp3) is 0.333. The number of rotatable bonds is 9. The molecule has 0 aliphatic carbocycles. The van der Waals surface area contributed by atoms with Crippen molar-refractivity contribution in [3.05, 3.63) is 47.5 Å². The van der Waals surface area contributed by atoms with Gasteiger partial charge in [0.1, 0.15) is 12.4 Å². The minimum atomic E-state index is -1.36. The summed E-state index contributed by atoms with van der Waals surface area (Å²) >= 11 is 0. The highest BCUT2D eigenvalue weighted by molar-refractivity contribution is 6.62. The summed E-state index contributed by atoms with van der Waals surface area (Å²) < 4.78 is 33.6. The van der Waals surface area contributed by atoms with Crippen molar-refractivity contribution in [1.29, 1.82) is 5.26 Å². The van der Waals surface area contributed by atoms with Crippen molar-refractivity contribution in [2.45, 2.75) is 26.0 Å². The Labute approximate surface area is 179 Å². The number of benzene rings is 2. The Morgan fingerprint density at radius 3 is 2.68 bits per heavy atom. The van der Waals surface area contributed by atoms with E-state index >= 15 is 0 Å². The highest BCUT2D eigenvalue weighted by atomic mass is 19.1. The predicted octanol–water partition coefficient (Wildman–Crippen LogP) is 1.70. The average Bonchev–Trinajstić information content (AvgIpc) is 3.15. The third kappa shape index (κ3) is 5.07. The van der Waals surface area contributed by atoms with E-state index in [9.17, 15) is 19.5 Å². The molecule has 2 N–H and O–H groups in total. The predicted molar refractivity (Wildman–Crippen MR) is 110 cm³/mol. The van der Waals surface area contributed by atoms with Gasteiger partial charge in [0.15, 0.2) is 17.0 Å². The van der Waals surface area contributed by atoms with Gasteiger partial charge >= 0.3 is 7.12 Å². The first-order chi connectivity index (χ1) is 14.9. The van der Waals surface area contributed by atoms with E-state index < -0.39 is 25.4 Å². The molecule has 0 aromatic heterocycles. The molecule has 1 unspecified atom stereocenters. The van der Waals surface area contributed by atoms with Gasteiger partial charge in [-0.25, -0.2) is 4.39 Å². The monoisotopic (exact) mass is 428 g/mol. The van der Waals surface area contributed by atoms with Crippen LogP contribution >= 0.6 is 0 Å². The van der Waals surface area contributed by atoms with Gasteiger partial charge in [-0.2, -0.15) is 5.26 Å². The van der Waals surface area contributed by atoms with E-state index in [-0.39, 0.29) is 24.5 Å². The third-order valence-corrected chi connectivity index (χ3v) is 4.67. The third-order valence-electron chi connectivity index (χ3n) is 4.67. The van der Waals surface area contributed by atoms with Gasteiger partial charge in [0, 0.05) is 11.0 Å². The lowest BCUT2D eigenvalue weighted by molar-refractivity contribution is 0.0900. The normalized spacial score (nSPS) is 14.2. The Morgan fingerprint density at radius 2 is 2.03 bits per heavy atom. The molecule has 1 amide bonds. The van der Waals surface area contributed by atoms with Gasteiger partial charge in [0.25, 0.3) is 5.91 Å². The molecule has 3 rings (SSSR count). The first-order valence-corrected chi connectivity index (χ1v) is 9.64. The van der Waals surface area contributed by atoms with Crippen molar-refractivity contribution in [1.82, 2.24) is 5.32 Å². The van der Waals surface area contributed by atoms with Crippen LogP contribution in [0.3, 0.4) is 0 Å². The van der Waals surface area contributed by atoms with Crippen molar-refractivity contribution in [3.8, 4) is 23.3 Å². The Bertz CT molecular complexity index is 981. The fourth-order valence-electron chi connectivity index (χ4n) is 3.08. The molecule has 0 saturated carbocycles. The maximum absolute atomic E-state index is 12.6. The summed E-state index contributed by atoms with van der Waals surface area (Å²) in [5, 5.41) is 22.4. The lowest BCUT2D eigenvalue weighted by atomic mass is 9.78. The van der Waals surface area contributed by atoms with Crippen molar-refractivity contribution >= 4 is 18.5 Å². The highest BCUT2D eigenvalue weighted by Crippen LogP contribution is 2.30. The van der Waals surface area contributed by atoms with Gasteiger partial charge in [-0.15, -0.1) is 0 Å². The number of nitrogens with one attached hydrogen (secondary N) is 1. The number of halogens is 1. The molecule has 2 aromatic carbocycles. The van der Waals surface area contributed by atoms with E-state index in [1.54, 1.807) is 19.1 Å². The van der Waals surface area contributed by atoms with Crippen LogP contribution in [-0.4, -0.2) is 43.7 Å². The molecule has 0 saturated heterocycles. The zero-order valence-corrected chi connectivity index (χ0v) is 17.2. The summed E-state index contributed by atoms with van der Waals surface area (Å²) in [6.07, 6.45) is 0. The molecule has 0 spiro atoms. The van der Waals surface area contributed by atoms with Gasteiger partial charge in [-0.05, 0) is 49.7 Å². The van der Waals surface area contributed by atoms with Gasteiger partial charge in [-0.1, -0.05) is 6.07 Å². The second-order valence-electron chi connectivity index (χ2n) is 7.03. The van der Waals surface area contributed by atoms with Gasteiger partial charge in [-0.3, -0.25) is 4.79 Å². The average molecular weight is 428 g/mol. The molecule has 0 fully saturated rings. The second kappa shape index (κ2) is 9.68. The number of hydrogen-bond acceptors (Lipinski definition) is 7. The molecular formula is C21H22BFN2O6. The maximum atomic E-state index is 12.6. The molecule has 1 atom stereocenters. The summed E-state index contributed by atoms with van der Waals surface area (Å²) in [5.41, 5.74) is 0.209. The Hall–Kier alpha value is -3.29. The van der Waals surface area contributed by atoms with E-state index in [2.05, 4.69) is 5.32 Å². The molecule has 2 aromatic rings. The van der Waals surface area contributed by atoms with Crippen molar-refractivity contribution in [2.75, 3.05) is 20.1 Å². The highest BCUT2D eigenvalue weighted by Gasteiger charge is 2.34. The number of nitrogens with zero attached hydrogens (tertiary/aromatic N) is 1. The molecule has 8 nitrogen and oxygen atoms in total. The zero-order valence-electron chi connectivity index (χ0n) is 17.2. The number of ether oxygens (including phenoxy) is 3. The molecule has 162 valence electrons. The minimum absolute atomic E-state index is 0.173.